The van der Waals surface area contributed by atoms with Crippen molar-refractivity contribution in [1.82, 2.24) is 9.97 Å². The van der Waals surface area contributed by atoms with Gasteiger partial charge in [-0.15, -0.1) is 0 Å². The summed E-state index contributed by atoms with van der Waals surface area (Å²) in [7, 11) is 1.35. The first-order valence-electron chi connectivity index (χ1n) is 4.97. The number of nitrogens with zero attached hydrogens (tertiary/aromatic N) is 2. The van der Waals surface area contributed by atoms with Crippen LogP contribution in [0.4, 0.5) is 5.82 Å². The van der Waals surface area contributed by atoms with Gasteiger partial charge >= 0.3 is 5.97 Å². The van der Waals surface area contributed by atoms with Crippen LogP contribution in [0.5, 0.6) is 0 Å². The maximum Gasteiger partial charge on any atom is 0.328 e. The first kappa shape index (κ1) is 14.2. The molecule has 0 saturated heterocycles. The number of carbonyl (C=O) groups excluding carboxylic acids is 1. The Balaban J connectivity index is 2.94. The molecule has 0 saturated carbocycles. The number of ether oxygens (including phenoxy) is 1. The van der Waals surface area contributed by atoms with Gasteiger partial charge in [-0.3, -0.25) is 0 Å². The van der Waals surface area contributed by atoms with Crippen molar-refractivity contribution in [3.8, 4) is 0 Å². The van der Waals surface area contributed by atoms with E-state index in [1.54, 1.807) is 0 Å². The molecular formula is C10H13BrClN3O2. The highest BCUT2D eigenvalue weighted by Gasteiger charge is 2.24. The Labute approximate surface area is 113 Å². The molecular weight excluding hydrogens is 309 g/mol. The van der Waals surface area contributed by atoms with Crippen LogP contribution in [0.1, 0.15) is 13.8 Å². The molecule has 0 aliphatic carbocycles. The number of halogens is 2. The molecule has 5 nitrogen and oxygen atoms in total. The van der Waals surface area contributed by atoms with Gasteiger partial charge in [-0.1, -0.05) is 25.4 Å². The van der Waals surface area contributed by atoms with Crippen molar-refractivity contribution in [2.75, 3.05) is 12.4 Å². The van der Waals surface area contributed by atoms with Crippen LogP contribution < -0.4 is 5.32 Å². The van der Waals surface area contributed by atoms with E-state index >= 15 is 0 Å². The first-order valence-corrected chi connectivity index (χ1v) is 6.14. The summed E-state index contributed by atoms with van der Waals surface area (Å²) in [5.74, 6) is 0.179. The number of anilines is 1. The van der Waals surface area contributed by atoms with Crippen LogP contribution >= 0.6 is 27.5 Å². The largest absolute Gasteiger partial charge is 0.467 e. The fourth-order valence-corrected chi connectivity index (χ4v) is 1.67. The summed E-state index contributed by atoms with van der Waals surface area (Å²) < 4.78 is 5.25. The van der Waals surface area contributed by atoms with Crippen molar-refractivity contribution < 1.29 is 9.53 Å². The summed E-state index contributed by atoms with van der Waals surface area (Å²) in [6.07, 6.45) is 1.32. The molecule has 0 amide bonds. The van der Waals surface area contributed by atoms with Crippen LogP contribution in [0.15, 0.2) is 10.8 Å². The topological polar surface area (TPSA) is 64.1 Å². The number of hydrogen-bond donors (Lipinski definition) is 1. The maximum atomic E-state index is 11.6. The van der Waals surface area contributed by atoms with Gasteiger partial charge < -0.3 is 10.1 Å². The van der Waals surface area contributed by atoms with Gasteiger partial charge in [-0.2, -0.15) is 0 Å². The van der Waals surface area contributed by atoms with Crippen molar-refractivity contribution in [3.05, 3.63) is 16.0 Å². The third-order valence-corrected chi connectivity index (χ3v) is 3.43. The average molecular weight is 323 g/mol. The summed E-state index contributed by atoms with van der Waals surface area (Å²) in [5.41, 5.74) is 0. The number of rotatable bonds is 4. The highest BCUT2D eigenvalue weighted by molar-refractivity contribution is 9.10. The summed E-state index contributed by atoms with van der Waals surface area (Å²) >= 11 is 9.09. The highest BCUT2D eigenvalue weighted by Crippen LogP contribution is 2.27. The Bertz CT molecular complexity index is 415. The van der Waals surface area contributed by atoms with E-state index in [2.05, 4.69) is 31.2 Å². The van der Waals surface area contributed by atoms with Crippen LogP contribution in [0, 0.1) is 5.92 Å². The molecule has 1 aromatic heterocycles. The van der Waals surface area contributed by atoms with E-state index in [9.17, 15) is 4.79 Å². The number of hydrogen-bond acceptors (Lipinski definition) is 5. The first-order chi connectivity index (χ1) is 7.97. The van der Waals surface area contributed by atoms with E-state index in [-0.39, 0.29) is 17.0 Å². The molecule has 0 radical (unpaired) electrons. The van der Waals surface area contributed by atoms with Crippen LogP contribution in [-0.2, 0) is 9.53 Å². The lowest BCUT2D eigenvalue weighted by Crippen LogP contribution is -2.35. The number of esters is 1. The minimum Gasteiger partial charge on any atom is -0.467 e. The smallest absolute Gasteiger partial charge is 0.328 e. The Morgan fingerprint density at radius 3 is 2.71 bits per heavy atom. The third kappa shape index (κ3) is 3.54. The molecule has 0 fully saturated rings. The Morgan fingerprint density at radius 1 is 1.53 bits per heavy atom. The lowest BCUT2D eigenvalue weighted by molar-refractivity contribution is -0.142. The number of nitrogens with one attached hydrogen (secondary N) is 1. The van der Waals surface area contributed by atoms with Gasteiger partial charge in [0.2, 0.25) is 0 Å². The molecule has 7 heteroatoms. The van der Waals surface area contributed by atoms with Crippen LogP contribution in [-0.4, -0.2) is 29.1 Å². The minimum absolute atomic E-state index is 0.0584. The highest BCUT2D eigenvalue weighted by atomic mass is 79.9. The predicted octanol–water partition coefficient (Wildman–Crippen LogP) is 2.50. The quantitative estimate of drug-likeness (QED) is 0.681. The average Bonchev–Trinajstić information content (AvgIpc) is 2.29. The van der Waals surface area contributed by atoms with Crippen molar-refractivity contribution in [2.24, 2.45) is 5.92 Å². The van der Waals surface area contributed by atoms with E-state index in [1.807, 2.05) is 13.8 Å². The summed E-state index contributed by atoms with van der Waals surface area (Å²) in [6.45, 7) is 3.82. The lowest BCUT2D eigenvalue weighted by Gasteiger charge is -2.20. The second-order valence-electron chi connectivity index (χ2n) is 3.72. The standard InChI is InChI=1S/C10H13BrClN3O2/c1-5(2)7(10(16)17-3)15-9-6(11)8(12)13-4-14-9/h4-5,7H,1-3H3,(H,13,14,15). The molecule has 0 bridgehead atoms. The van der Waals surface area contributed by atoms with E-state index in [0.717, 1.165) is 0 Å². The normalized spacial score (nSPS) is 12.4. The van der Waals surface area contributed by atoms with Gasteiger partial charge in [0, 0.05) is 0 Å². The lowest BCUT2D eigenvalue weighted by atomic mass is 10.0. The molecule has 1 atom stereocenters. The van der Waals surface area contributed by atoms with E-state index in [1.165, 1.54) is 13.4 Å². The minimum atomic E-state index is -0.484. The Morgan fingerprint density at radius 2 is 2.18 bits per heavy atom. The molecule has 1 aromatic rings. The number of methoxy groups -OCH3 is 1. The van der Waals surface area contributed by atoms with E-state index < -0.39 is 6.04 Å². The van der Waals surface area contributed by atoms with Gasteiger partial charge in [0.1, 0.15) is 23.3 Å². The zero-order valence-corrected chi connectivity index (χ0v) is 12.0. The molecule has 1 heterocycles. The molecule has 0 aromatic carbocycles. The maximum absolute atomic E-state index is 11.6. The van der Waals surface area contributed by atoms with Gasteiger partial charge in [-0.05, 0) is 21.8 Å². The van der Waals surface area contributed by atoms with Crippen LogP contribution in [0.2, 0.25) is 5.15 Å². The van der Waals surface area contributed by atoms with Gasteiger partial charge in [0.15, 0.2) is 0 Å². The molecule has 1 rings (SSSR count). The molecule has 17 heavy (non-hydrogen) atoms. The second kappa shape index (κ2) is 6.16. The second-order valence-corrected chi connectivity index (χ2v) is 4.87. The SMILES string of the molecule is COC(=O)C(Nc1ncnc(Cl)c1Br)C(C)C. The van der Waals surface area contributed by atoms with Crippen molar-refractivity contribution in [3.63, 3.8) is 0 Å². The molecule has 1 N–H and O–H groups in total. The van der Waals surface area contributed by atoms with Crippen LogP contribution in [0.3, 0.4) is 0 Å². The van der Waals surface area contributed by atoms with Gasteiger partial charge in [0.25, 0.3) is 0 Å². The zero-order valence-electron chi connectivity index (χ0n) is 9.70. The molecule has 94 valence electrons. The van der Waals surface area contributed by atoms with Crippen molar-refractivity contribution >= 4 is 39.3 Å². The summed E-state index contributed by atoms with van der Waals surface area (Å²) in [6, 6.07) is -0.484. The fourth-order valence-electron chi connectivity index (χ4n) is 1.22. The van der Waals surface area contributed by atoms with Gasteiger partial charge in [-0.25, -0.2) is 14.8 Å². The fraction of sp³-hybridized carbons (Fsp3) is 0.500. The molecule has 0 aliphatic heterocycles. The van der Waals surface area contributed by atoms with E-state index in [0.29, 0.717) is 10.3 Å². The Kier molecular flexibility index (Phi) is 5.14. The molecule has 0 spiro atoms. The van der Waals surface area contributed by atoms with Crippen molar-refractivity contribution in [1.29, 1.82) is 0 Å². The summed E-state index contributed by atoms with van der Waals surface area (Å²) in [4.78, 5) is 19.4. The van der Waals surface area contributed by atoms with Crippen molar-refractivity contribution in [2.45, 2.75) is 19.9 Å². The summed E-state index contributed by atoms with van der Waals surface area (Å²) in [5, 5.41) is 3.27. The number of aromatic nitrogens is 2. The van der Waals surface area contributed by atoms with Gasteiger partial charge in [0.05, 0.1) is 11.6 Å². The Hall–Kier alpha value is -0.880. The van der Waals surface area contributed by atoms with Crippen LogP contribution in [0.25, 0.3) is 0 Å². The van der Waals surface area contributed by atoms with E-state index in [4.69, 9.17) is 16.3 Å². The monoisotopic (exact) mass is 321 g/mol. The third-order valence-electron chi connectivity index (χ3n) is 2.16. The predicted molar refractivity (Wildman–Crippen MR) is 69.0 cm³/mol. The zero-order chi connectivity index (χ0) is 13.0. The molecule has 0 aliphatic rings. The number of carbonyl (C=O) groups is 1. The molecule has 1 unspecified atom stereocenters.